The second-order valence-corrected chi connectivity index (χ2v) is 5.51. The zero-order valence-corrected chi connectivity index (χ0v) is 11.0. The van der Waals surface area contributed by atoms with Gasteiger partial charge < -0.3 is 9.88 Å². The van der Waals surface area contributed by atoms with Crippen LogP contribution in [0.15, 0.2) is 30.6 Å². The summed E-state index contributed by atoms with van der Waals surface area (Å²) < 4.78 is 2.25. The number of nitrogens with zero attached hydrogens (tertiary/aromatic N) is 2. The molecule has 1 N–H and O–H groups in total. The third-order valence-corrected chi connectivity index (χ3v) is 3.91. The number of hydrogen-bond acceptors (Lipinski definition) is 2. The molecule has 0 unspecified atom stereocenters. The van der Waals surface area contributed by atoms with Gasteiger partial charge in [0.2, 0.25) is 0 Å². The minimum Gasteiger partial charge on any atom is -0.331 e. The number of hydrogen-bond donors (Lipinski definition) is 1. The van der Waals surface area contributed by atoms with Gasteiger partial charge in [-0.3, -0.25) is 0 Å². The number of aryl methyl sites for hydroxylation is 1. The van der Waals surface area contributed by atoms with Crippen molar-refractivity contribution in [3.8, 4) is 0 Å². The monoisotopic (exact) mass is 243 g/mol. The van der Waals surface area contributed by atoms with Gasteiger partial charge in [-0.05, 0) is 43.9 Å². The van der Waals surface area contributed by atoms with Crippen LogP contribution < -0.4 is 5.32 Å². The molecule has 1 saturated carbocycles. The molecule has 0 atom stereocenters. The lowest BCUT2D eigenvalue weighted by Crippen LogP contribution is -2.40. The third kappa shape index (κ3) is 2.41. The van der Waals surface area contributed by atoms with Crippen LogP contribution in [0.1, 0.15) is 26.2 Å². The molecule has 3 heteroatoms. The lowest BCUT2D eigenvalue weighted by Gasteiger charge is -2.33. The molecule has 1 aromatic carbocycles. The summed E-state index contributed by atoms with van der Waals surface area (Å²) in [6, 6.07) is 9.11. The highest BCUT2D eigenvalue weighted by Gasteiger charge is 2.23. The second kappa shape index (κ2) is 5.11. The van der Waals surface area contributed by atoms with Gasteiger partial charge in [-0.1, -0.05) is 19.1 Å². The van der Waals surface area contributed by atoms with E-state index in [9.17, 15) is 0 Å². The summed E-state index contributed by atoms with van der Waals surface area (Å²) >= 11 is 0. The van der Waals surface area contributed by atoms with Crippen LogP contribution in [0.25, 0.3) is 11.0 Å². The van der Waals surface area contributed by atoms with Gasteiger partial charge in [-0.2, -0.15) is 0 Å². The van der Waals surface area contributed by atoms with Crippen molar-refractivity contribution in [2.45, 2.75) is 38.8 Å². The number of nitrogens with one attached hydrogen (secondary N) is 1. The van der Waals surface area contributed by atoms with E-state index in [0.29, 0.717) is 0 Å². The van der Waals surface area contributed by atoms with E-state index in [1.807, 2.05) is 12.4 Å². The summed E-state index contributed by atoms with van der Waals surface area (Å²) in [6.45, 7) is 4.50. The number of benzene rings is 1. The summed E-state index contributed by atoms with van der Waals surface area (Å²) in [7, 11) is 0. The van der Waals surface area contributed by atoms with Gasteiger partial charge in [0.1, 0.15) is 0 Å². The van der Waals surface area contributed by atoms with Crippen molar-refractivity contribution in [2.24, 2.45) is 5.92 Å². The molecule has 18 heavy (non-hydrogen) atoms. The Labute approximate surface area is 108 Å². The van der Waals surface area contributed by atoms with E-state index >= 15 is 0 Å². The van der Waals surface area contributed by atoms with Crippen molar-refractivity contribution in [3.05, 3.63) is 30.6 Å². The molecule has 96 valence electrons. The van der Waals surface area contributed by atoms with E-state index in [2.05, 4.69) is 40.0 Å². The van der Waals surface area contributed by atoms with Crippen LogP contribution in [0.4, 0.5) is 0 Å². The molecule has 0 amide bonds. The fraction of sp³-hybridized carbons (Fsp3) is 0.533. The zero-order valence-electron chi connectivity index (χ0n) is 11.0. The fourth-order valence-electron chi connectivity index (χ4n) is 2.81. The molecule has 0 aliphatic heterocycles. The summed E-state index contributed by atoms with van der Waals surface area (Å²) in [5, 5.41) is 3.63. The molecule has 3 rings (SSSR count). The van der Waals surface area contributed by atoms with E-state index in [1.165, 1.54) is 24.8 Å². The number of para-hydroxylation sites is 2. The lowest BCUT2D eigenvalue weighted by atomic mass is 9.82. The van der Waals surface area contributed by atoms with Crippen LogP contribution in [-0.2, 0) is 6.54 Å². The fourth-order valence-corrected chi connectivity index (χ4v) is 2.81. The largest absolute Gasteiger partial charge is 0.331 e. The summed E-state index contributed by atoms with van der Waals surface area (Å²) in [4.78, 5) is 4.41. The van der Waals surface area contributed by atoms with Crippen LogP contribution in [0, 0.1) is 5.92 Å². The van der Waals surface area contributed by atoms with Gasteiger partial charge >= 0.3 is 0 Å². The Balaban J connectivity index is 1.48. The van der Waals surface area contributed by atoms with E-state index in [-0.39, 0.29) is 0 Å². The average molecular weight is 243 g/mol. The first kappa shape index (κ1) is 11.7. The predicted octanol–water partition coefficient (Wildman–Crippen LogP) is 2.81. The van der Waals surface area contributed by atoms with Crippen molar-refractivity contribution in [1.82, 2.24) is 14.9 Å². The number of fused-ring (bicyclic) bond motifs is 1. The number of imidazole rings is 1. The SMILES string of the molecule is CC1CC(NCCCn2cnc3ccccc32)C1. The lowest BCUT2D eigenvalue weighted by molar-refractivity contribution is 0.241. The van der Waals surface area contributed by atoms with Gasteiger partial charge in [0.05, 0.1) is 17.4 Å². The van der Waals surface area contributed by atoms with Crippen LogP contribution in [-0.4, -0.2) is 22.1 Å². The van der Waals surface area contributed by atoms with Crippen LogP contribution in [0.2, 0.25) is 0 Å². The topological polar surface area (TPSA) is 29.9 Å². The van der Waals surface area contributed by atoms with Crippen LogP contribution >= 0.6 is 0 Å². The molecular weight excluding hydrogens is 222 g/mol. The smallest absolute Gasteiger partial charge is 0.0958 e. The molecule has 1 heterocycles. The summed E-state index contributed by atoms with van der Waals surface area (Å²) in [6.07, 6.45) is 5.84. The Kier molecular flexibility index (Phi) is 3.33. The quantitative estimate of drug-likeness (QED) is 0.818. The minimum absolute atomic E-state index is 0.777. The van der Waals surface area contributed by atoms with E-state index in [4.69, 9.17) is 0 Å². The number of aromatic nitrogens is 2. The highest BCUT2D eigenvalue weighted by atomic mass is 15.0. The van der Waals surface area contributed by atoms with E-state index in [1.54, 1.807) is 0 Å². The van der Waals surface area contributed by atoms with Crippen LogP contribution in [0.5, 0.6) is 0 Å². The minimum atomic E-state index is 0.777. The van der Waals surface area contributed by atoms with Gasteiger partial charge in [0.25, 0.3) is 0 Å². The molecule has 1 aromatic heterocycles. The molecule has 3 nitrogen and oxygen atoms in total. The molecule has 0 bridgehead atoms. The first-order valence-electron chi connectivity index (χ1n) is 6.96. The van der Waals surface area contributed by atoms with Gasteiger partial charge in [-0.25, -0.2) is 4.98 Å². The van der Waals surface area contributed by atoms with Crippen molar-refractivity contribution in [1.29, 1.82) is 0 Å². The standard InChI is InChI=1S/C15H21N3/c1-12-9-13(10-12)16-7-4-8-18-11-17-14-5-2-3-6-15(14)18/h2-3,5-6,11-13,16H,4,7-10H2,1H3. The maximum Gasteiger partial charge on any atom is 0.0958 e. The van der Waals surface area contributed by atoms with Gasteiger partial charge in [-0.15, -0.1) is 0 Å². The highest BCUT2D eigenvalue weighted by molar-refractivity contribution is 5.74. The van der Waals surface area contributed by atoms with Crippen LogP contribution in [0.3, 0.4) is 0 Å². The third-order valence-electron chi connectivity index (χ3n) is 3.91. The molecule has 0 spiro atoms. The average Bonchev–Trinajstić information content (AvgIpc) is 2.75. The Hall–Kier alpha value is -1.35. The van der Waals surface area contributed by atoms with Crippen molar-refractivity contribution < 1.29 is 0 Å². The normalized spacial score (nSPS) is 23.2. The maximum atomic E-state index is 4.41. The highest BCUT2D eigenvalue weighted by Crippen LogP contribution is 2.26. The molecule has 1 aliphatic rings. The second-order valence-electron chi connectivity index (χ2n) is 5.51. The molecule has 0 saturated heterocycles. The molecule has 1 fully saturated rings. The Morgan fingerprint density at radius 3 is 3.00 bits per heavy atom. The Bertz CT molecular complexity index is 511. The van der Waals surface area contributed by atoms with Gasteiger partial charge in [0, 0.05) is 12.6 Å². The molecular formula is C15H21N3. The van der Waals surface area contributed by atoms with Gasteiger partial charge in [0.15, 0.2) is 0 Å². The van der Waals surface area contributed by atoms with Crippen molar-refractivity contribution in [3.63, 3.8) is 0 Å². The first-order valence-corrected chi connectivity index (χ1v) is 6.96. The van der Waals surface area contributed by atoms with E-state index < -0.39 is 0 Å². The Morgan fingerprint density at radius 2 is 2.17 bits per heavy atom. The van der Waals surface area contributed by atoms with Crippen molar-refractivity contribution in [2.75, 3.05) is 6.54 Å². The van der Waals surface area contributed by atoms with E-state index in [0.717, 1.165) is 30.6 Å². The molecule has 2 aromatic rings. The Morgan fingerprint density at radius 1 is 1.33 bits per heavy atom. The predicted molar refractivity (Wildman–Crippen MR) is 74.5 cm³/mol. The molecule has 0 radical (unpaired) electrons. The summed E-state index contributed by atoms with van der Waals surface area (Å²) in [5.74, 6) is 0.931. The molecule has 1 aliphatic carbocycles. The summed E-state index contributed by atoms with van der Waals surface area (Å²) in [5.41, 5.74) is 2.34. The van der Waals surface area contributed by atoms with Crippen molar-refractivity contribution >= 4 is 11.0 Å². The first-order chi connectivity index (χ1) is 8.83. The zero-order chi connectivity index (χ0) is 12.4. The number of rotatable bonds is 5. The maximum absolute atomic E-state index is 4.41.